The van der Waals surface area contributed by atoms with Crippen LogP contribution in [-0.4, -0.2) is 111 Å². The Hall–Kier alpha value is -6.46. The summed E-state index contributed by atoms with van der Waals surface area (Å²) in [6, 6.07) is 11.7. The number of hydrogen-bond donors (Lipinski definition) is 8. The smallest absolute Gasteiger partial charge is 0.303 e. The molecule has 7 amide bonds. The summed E-state index contributed by atoms with van der Waals surface area (Å²) in [5, 5.41) is 22.5. The SMILES string of the molecule is C=C[C@@H]1C[C@@]12NC(=O)CN(CC1CCCC1)C(=O)CCCCCCCC(=O)Nc1ccccc1S(=O)(=O)NC2=O.C=C[C@@H]1C[C@]1(NC(=O)CNCC1CCCC1)C(=O)NS(=O)(=O)c1ccccc1NC(=O)CCCCCCCC(=O)O. The fourth-order valence-electron chi connectivity index (χ4n) is 11.1. The summed E-state index contributed by atoms with van der Waals surface area (Å²) in [6.07, 6.45) is 20.6. The highest BCUT2D eigenvalue weighted by molar-refractivity contribution is 7.90. The molecule has 444 valence electrons. The van der Waals surface area contributed by atoms with Gasteiger partial charge in [-0.05, 0) is 107 Å². The predicted octanol–water partition coefficient (Wildman–Crippen LogP) is 6.34. The van der Waals surface area contributed by atoms with Gasteiger partial charge in [-0.2, -0.15) is 0 Å². The summed E-state index contributed by atoms with van der Waals surface area (Å²) in [4.78, 5) is 102. The number of carboxylic acid groups (broad SMARTS) is 1. The number of hydrogen-bond acceptors (Lipinski definition) is 13. The zero-order valence-corrected chi connectivity index (χ0v) is 48.0. The summed E-state index contributed by atoms with van der Waals surface area (Å²) >= 11 is 0. The molecule has 0 unspecified atom stereocenters. The van der Waals surface area contributed by atoms with Crippen molar-refractivity contribution >= 4 is 78.7 Å². The lowest BCUT2D eigenvalue weighted by Crippen LogP contribution is -2.54. The maximum atomic E-state index is 13.4. The number of carboxylic acids is 1. The molecule has 0 saturated heterocycles. The molecule has 1 spiro atoms. The molecule has 0 aromatic heterocycles. The number of rotatable bonds is 21. The highest BCUT2D eigenvalue weighted by Gasteiger charge is 2.61. The van der Waals surface area contributed by atoms with E-state index in [4.69, 9.17) is 5.11 Å². The van der Waals surface area contributed by atoms with E-state index in [1.165, 1.54) is 61.4 Å². The molecule has 1 aliphatic heterocycles. The molecule has 8 N–H and O–H groups in total. The van der Waals surface area contributed by atoms with Crippen LogP contribution < -0.4 is 36.0 Å². The zero-order valence-electron chi connectivity index (χ0n) is 46.4. The molecule has 4 aliphatic carbocycles. The van der Waals surface area contributed by atoms with Gasteiger partial charge in [0.15, 0.2) is 0 Å². The van der Waals surface area contributed by atoms with E-state index in [2.05, 4.69) is 49.2 Å². The third kappa shape index (κ3) is 18.8. The molecule has 7 rings (SSSR count). The van der Waals surface area contributed by atoms with Crippen LogP contribution >= 0.6 is 0 Å². The van der Waals surface area contributed by atoms with Crippen molar-refractivity contribution in [2.45, 2.75) is 175 Å². The molecule has 21 nitrogen and oxygen atoms in total. The van der Waals surface area contributed by atoms with E-state index in [1.807, 2.05) is 0 Å². The lowest BCUT2D eigenvalue weighted by Gasteiger charge is -2.27. The van der Waals surface area contributed by atoms with Gasteiger partial charge in [0.05, 0.1) is 24.5 Å². The van der Waals surface area contributed by atoms with Gasteiger partial charge < -0.3 is 36.6 Å². The second-order valence-corrected chi connectivity index (χ2v) is 25.5. The second-order valence-electron chi connectivity index (χ2n) is 22.2. The number of nitrogens with zero attached hydrogens (tertiary/aromatic N) is 1. The van der Waals surface area contributed by atoms with Gasteiger partial charge >= 0.3 is 5.97 Å². The first kappa shape index (κ1) is 63.7. The van der Waals surface area contributed by atoms with Crippen LogP contribution in [0.15, 0.2) is 83.6 Å². The zero-order chi connectivity index (χ0) is 58.6. The number of carbonyl (C=O) groups excluding carboxylic acids is 7. The first-order chi connectivity index (χ1) is 38.7. The first-order valence-electron chi connectivity index (χ1n) is 28.7. The topological polar surface area (TPSA) is 313 Å². The third-order valence-electron chi connectivity index (χ3n) is 15.9. The van der Waals surface area contributed by atoms with E-state index in [0.29, 0.717) is 50.5 Å². The fraction of sp³-hybridized carbons (Fsp3) is 0.586. The number of unbranched alkanes of at least 4 members (excludes halogenated alkanes) is 4. The molecule has 4 atom stereocenters. The van der Waals surface area contributed by atoms with Crippen molar-refractivity contribution in [1.29, 1.82) is 0 Å². The third-order valence-corrected chi connectivity index (χ3v) is 18.7. The summed E-state index contributed by atoms with van der Waals surface area (Å²) in [6.45, 7) is 8.50. The van der Waals surface area contributed by atoms with Crippen LogP contribution in [0, 0.1) is 23.7 Å². The largest absolute Gasteiger partial charge is 0.481 e. The molecule has 0 radical (unpaired) electrons. The van der Waals surface area contributed by atoms with E-state index in [0.717, 1.165) is 83.6 Å². The van der Waals surface area contributed by atoms with Gasteiger partial charge in [0, 0.05) is 44.1 Å². The maximum Gasteiger partial charge on any atom is 0.303 e. The van der Waals surface area contributed by atoms with Gasteiger partial charge in [0.25, 0.3) is 31.9 Å². The van der Waals surface area contributed by atoms with Gasteiger partial charge in [-0.25, -0.2) is 26.3 Å². The van der Waals surface area contributed by atoms with Crippen LogP contribution in [0.5, 0.6) is 0 Å². The summed E-state index contributed by atoms with van der Waals surface area (Å²) in [5.74, 6) is -4.22. The van der Waals surface area contributed by atoms with Gasteiger partial charge in [-0.15, -0.1) is 13.2 Å². The Labute approximate surface area is 476 Å². The van der Waals surface area contributed by atoms with E-state index in [1.54, 1.807) is 17.0 Å². The fourth-order valence-corrected chi connectivity index (χ4v) is 13.5. The summed E-state index contributed by atoms with van der Waals surface area (Å²) in [7, 11) is -8.76. The lowest BCUT2D eigenvalue weighted by molar-refractivity contribution is -0.138. The van der Waals surface area contributed by atoms with E-state index in [9.17, 15) is 55.2 Å². The highest BCUT2D eigenvalue weighted by Crippen LogP contribution is 2.46. The van der Waals surface area contributed by atoms with Crippen molar-refractivity contribution in [3.05, 3.63) is 73.8 Å². The number of aliphatic carboxylic acids is 1. The molecule has 2 aromatic rings. The van der Waals surface area contributed by atoms with Crippen molar-refractivity contribution in [1.82, 2.24) is 30.3 Å². The molecule has 4 fully saturated rings. The monoisotopic (exact) mass is 1160 g/mol. The number of sulfonamides is 2. The standard InChI is InChI=1S/C29H42N4O7S.C29H40N4O6S/c1-2-22-18-29(22,32-26(35)20-30-19-21-12-8-9-13-21)28(38)33-41(39,40)24-15-11-10-14-23(24)31-25(34)16-6-4-3-5-7-17-27(36)37;1-2-22-18-29(22)28(37)32-40(38,39)24-15-11-10-14-23(24)30-25(34)16-6-4-3-5-7-17-27(36)33(20-26(35)31-29)19-21-12-8-9-13-21/h2,10-11,14-15,21-22,30H,1,3-9,12-13,16-20H2,(H,31,34)(H,32,35)(H,33,38)(H,36,37);2,10-11,14-15,21-22H,1,3-9,12-13,16-20H2,(H,30,34)(H,31,35)(H,32,37)/t2*22-,29-/m11/s1. The predicted molar refractivity (Wildman–Crippen MR) is 305 cm³/mol. The quantitative estimate of drug-likeness (QED) is 0.0500. The van der Waals surface area contributed by atoms with Crippen LogP contribution in [0.3, 0.4) is 0 Å². The maximum absolute atomic E-state index is 13.4. The van der Waals surface area contributed by atoms with Crippen molar-refractivity contribution in [2.24, 2.45) is 23.7 Å². The van der Waals surface area contributed by atoms with Gasteiger partial charge in [-0.3, -0.25) is 38.4 Å². The Morgan fingerprint density at radius 2 is 1.35 bits per heavy atom. The molecule has 5 aliphatic rings. The number of nitrogens with one attached hydrogen (secondary N) is 7. The Kier molecular flexibility index (Phi) is 23.6. The summed E-state index contributed by atoms with van der Waals surface area (Å²) < 4.78 is 57.3. The Balaban J connectivity index is 0.000000261. The average molecular weight is 1160 g/mol. The van der Waals surface area contributed by atoms with Gasteiger partial charge in [-0.1, -0.05) is 101 Å². The Morgan fingerprint density at radius 1 is 0.728 bits per heavy atom. The van der Waals surface area contributed by atoms with Crippen LogP contribution in [0.25, 0.3) is 0 Å². The minimum atomic E-state index is -4.38. The van der Waals surface area contributed by atoms with Crippen LogP contribution in [0.1, 0.15) is 154 Å². The van der Waals surface area contributed by atoms with Gasteiger partial charge in [0.2, 0.25) is 29.5 Å². The van der Waals surface area contributed by atoms with E-state index >= 15 is 0 Å². The first-order valence-corrected chi connectivity index (χ1v) is 31.7. The lowest BCUT2D eigenvalue weighted by atomic mass is 10.1. The number of fused-ring (bicyclic) bond motifs is 1. The Bertz CT molecular complexity index is 2830. The number of carbonyl (C=O) groups is 8. The molecule has 0 bridgehead atoms. The van der Waals surface area contributed by atoms with Gasteiger partial charge in [0.1, 0.15) is 20.9 Å². The van der Waals surface area contributed by atoms with E-state index in [-0.39, 0.29) is 84.1 Å². The number of anilines is 2. The number of amides is 7. The number of benzene rings is 2. The molecule has 81 heavy (non-hydrogen) atoms. The molecular weight excluding hydrogens is 1080 g/mol. The van der Waals surface area contributed by atoms with Crippen molar-refractivity contribution in [3.8, 4) is 0 Å². The van der Waals surface area contributed by atoms with Crippen molar-refractivity contribution in [3.63, 3.8) is 0 Å². The van der Waals surface area contributed by atoms with Crippen molar-refractivity contribution in [2.75, 3.05) is 36.8 Å². The molecular formula is C58H82N8O13S2. The molecule has 23 heteroatoms. The van der Waals surface area contributed by atoms with Crippen LogP contribution in [0.2, 0.25) is 0 Å². The minimum absolute atomic E-state index is 0.0271. The van der Waals surface area contributed by atoms with Crippen LogP contribution in [0.4, 0.5) is 11.4 Å². The molecule has 4 saturated carbocycles. The van der Waals surface area contributed by atoms with Crippen LogP contribution in [-0.2, 0) is 58.4 Å². The molecule has 1 heterocycles. The highest BCUT2D eigenvalue weighted by atomic mass is 32.2. The second kappa shape index (κ2) is 30.0. The van der Waals surface area contributed by atoms with Crippen molar-refractivity contribution < 1.29 is 60.3 Å². The Morgan fingerprint density at radius 3 is 2.01 bits per heavy atom. The average Bonchev–Trinajstić information content (AvgIpc) is 2.63. The number of para-hydroxylation sites is 2. The van der Waals surface area contributed by atoms with E-state index < -0.39 is 72.6 Å². The molecule has 2 aromatic carbocycles. The summed E-state index contributed by atoms with van der Waals surface area (Å²) in [5.41, 5.74) is -2.75. The normalized spacial score (nSPS) is 23.7. The minimum Gasteiger partial charge on any atom is -0.481 e.